The van der Waals surface area contributed by atoms with Crippen molar-refractivity contribution >= 4 is 21.8 Å². The van der Waals surface area contributed by atoms with Gasteiger partial charge in [-0.1, -0.05) is 28.8 Å². The molecule has 1 atom stereocenters. The third-order valence-electron chi connectivity index (χ3n) is 2.42. The number of carbonyl (C=O) groups excluding carboxylic acids is 1. The Morgan fingerprint density at radius 2 is 2.21 bits per heavy atom. The monoisotopic (exact) mass is 263 g/mol. The first-order valence-electron chi connectivity index (χ1n) is 5.23. The third-order valence-corrected chi connectivity index (χ3v) is 2.83. The van der Waals surface area contributed by atoms with Gasteiger partial charge in [0.1, 0.15) is 0 Å². The molecular weight excluding hydrogens is 246 g/mol. The highest BCUT2D eigenvalue weighted by molar-refractivity contribution is 9.10. The standard InChI is InChI=1S/C10H18BrNO2/c1-8(11)10(13)12-6-7-14-9-4-2-3-5-9/h8-9H,2-7H2,1H3,(H,12,13). The molecule has 3 nitrogen and oxygen atoms in total. The third kappa shape index (κ3) is 4.42. The number of rotatable bonds is 5. The van der Waals surface area contributed by atoms with Crippen molar-refractivity contribution in [2.24, 2.45) is 0 Å². The van der Waals surface area contributed by atoms with Gasteiger partial charge in [0.15, 0.2) is 0 Å². The van der Waals surface area contributed by atoms with Gasteiger partial charge in [0.25, 0.3) is 0 Å². The first-order valence-corrected chi connectivity index (χ1v) is 6.15. The van der Waals surface area contributed by atoms with Crippen LogP contribution in [0.15, 0.2) is 0 Å². The molecular formula is C10H18BrNO2. The first-order chi connectivity index (χ1) is 6.70. The smallest absolute Gasteiger partial charge is 0.233 e. The summed E-state index contributed by atoms with van der Waals surface area (Å²) in [6.07, 6.45) is 5.38. The quantitative estimate of drug-likeness (QED) is 0.608. The molecule has 4 heteroatoms. The second-order valence-electron chi connectivity index (χ2n) is 3.68. The number of nitrogens with one attached hydrogen (secondary N) is 1. The van der Waals surface area contributed by atoms with E-state index in [9.17, 15) is 4.79 Å². The molecule has 0 heterocycles. The zero-order valence-electron chi connectivity index (χ0n) is 8.59. The summed E-state index contributed by atoms with van der Waals surface area (Å²) in [4.78, 5) is 11.0. The molecule has 1 amide bonds. The van der Waals surface area contributed by atoms with E-state index in [1.807, 2.05) is 6.92 Å². The van der Waals surface area contributed by atoms with Crippen molar-refractivity contribution in [1.29, 1.82) is 0 Å². The van der Waals surface area contributed by atoms with E-state index in [1.165, 1.54) is 25.7 Å². The number of alkyl halides is 1. The zero-order chi connectivity index (χ0) is 10.4. The predicted molar refractivity (Wildman–Crippen MR) is 59.6 cm³/mol. The molecule has 0 aliphatic heterocycles. The normalized spacial score (nSPS) is 19.6. The van der Waals surface area contributed by atoms with Crippen molar-refractivity contribution in [2.75, 3.05) is 13.2 Å². The van der Waals surface area contributed by atoms with Gasteiger partial charge in [0, 0.05) is 6.54 Å². The highest BCUT2D eigenvalue weighted by Crippen LogP contribution is 2.20. The van der Waals surface area contributed by atoms with Gasteiger partial charge in [0.05, 0.1) is 17.5 Å². The van der Waals surface area contributed by atoms with Crippen LogP contribution in [0.2, 0.25) is 0 Å². The van der Waals surface area contributed by atoms with E-state index in [0.29, 0.717) is 19.3 Å². The molecule has 1 aliphatic rings. The van der Waals surface area contributed by atoms with Crippen LogP contribution in [-0.2, 0) is 9.53 Å². The molecule has 0 aromatic carbocycles. The molecule has 14 heavy (non-hydrogen) atoms. The van der Waals surface area contributed by atoms with Gasteiger partial charge in [-0.15, -0.1) is 0 Å². The Morgan fingerprint density at radius 1 is 1.57 bits per heavy atom. The van der Waals surface area contributed by atoms with Crippen molar-refractivity contribution in [2.45, 2.75) is 43.5 Å². The minimum absolute atomic E-state index is 0.0278. The van der Waals surface area contributed by atoms with Crippen molar-refractivity contribution in [1.82, 2.24) is 5.32 Å². The molecule has 1 N–H and O–H groups in total. The lowest BCUT2D eigenvalue weighted by atomic mass is 10.3. The lowest BCUT2D eigenvalue weighted by molar-refractivity contribution is -0.120. The van der Waals surface area contributed by atoms with Crippen LogP contribution in [0.1, 0.15) is 32.6 Å². The number of ether oxygens (including phenoxy) is 1. The molecule has 1 saturated carbocycles. The number of amides is 1. The average molecular weight is 264 g/mol. The van der Waals surface area contributed by atoms with Gasteiger partial charge in [-0.3, -0.25) is 4.79 Å². The maximum Gasteiger partial charge on any atom is 0.233 e. The Balaban J connectivity index is 1.96. The minimum Gasteiger partial charge on any atom is -0.376 e. The Labute approximate surface area is 93.7 Å². The van der Waals surface area contributed by atoms with E-state index in [4.69, 9.17) is 4.74 Å². The average Bonchev–Trinajstić information content (AvgIpc) is 2.64. The van der Waals surface area contributed by atoms with Crippen molar-refractivity contribution < 1.29 is 9.53 Å². The van der Waals surface area contributed by atoms with Gasteiger partial charge in [-0.25, -0.2) is 0 Å². The lowest BCUT2D eigenvalue weighted by Gasteiger charge is -2.11. The fourth-order valence-corrected chi connectivity index (χ4v) is 1.76. The van der Waals surface area contributed by atoms with Crippen LogP contribution in [0.4, 0.5) is 0 Å². The number of carbonyl (C=O) groups is 1. The summed E-state index contributed by atoms with van der Waals surface area (Å²) >= 11 is 3.21. The van der Waals surface area contributed by atoms with Crippen LogP contribution in [0.3, 0.4) is 0 Å². The molecule has 1 rings (SSSR count). The molecule has 0 radical (unpaired) electrons. The van der Waals surface area contributed by atoms with Crippen molar-refractivity contribution in [3.05, 3.63) is 0 Å². The maximum absolute atomic E-state index is 11.1. The number of hydrogen-bond donors (Lipinski definition) is 1. The van der Waals surface area contributed by atoms with E-state index >= 15 is 0 Å². The van der Waals surface area contributed by atoms with Crippen LogP contribution < -0.4 is 5.32 Å². The molecule has 0 aromatic rings. The van der Waals surface area contributed by atoms with Gasteiger partial charge in [-0.2, -0.15) is 0 Å². The van der Waals surface area contributed by atoms with Crippen molar-refractivity contribution in [3.8, 4) is 0 Å². The number of halogens is 1. The first kappa shape index (κ1) is 12.0. The minimum atomic E-state index is -0.117. The van der Waals surface area contributed by atoms with E-state index in [-0.39, 0.29) is 10.7 Å². The maximum atomic E-state index is 11.1. The van der Waals surface area contributed by atoms with Crippen LogP contribution >= 0.6 is 15.9 Å². The Morgan fingerprint density at radius 3 is 2.79 bits per heavy atom. The van der Waals surface area contributed by atoms with Crippen molar-refractivity contribution in [3.63, 3.8) is 0 Å². The largest absolute Gasteiger partial charge is 0.376 e. The second kappa shape index (κ2) is 6.40. The Bertz CT molecular complexity index is 179. The van der Waals surface area contributed by atoms with Gasteiger partial charge < -0.3 is 10.1 Å². The lowest BCUT2D eigenvalue weighted by Crippen LogP contribution is -2.32. The SMILES string of the molecule is CC(Br)C(=O)NCCOC1CCCC1. The van der Waals surface area contributed by atoms with E-state index in [2.05, 4.69) is 21.2 Å². The second-order valence-corrected chi connectivity index (χ2v) is 5.06. The number of hydrogen-bond acceptors (Lipinski definition) is 2. The highest BCUT2D eigenvalue weighted by atomic mass is 79.9. The van der Waals surface area contributed by atoms with Gasteiger partial charge in [-0.05, 0) is 19.8 Å². The Hall–Kier alpha value is -0.0900. The topological polar surface area (TPSA) is 38.3 Å². The van der Waals surface area contributed by atoms with Crippen LogP contribution in [-0.4, -0.2) is 30.0 Å². The molecule has 82 valence electrons. The summed E-state index contributed by atoms with van der Waals surface area (Å²) in [6.45, 7) is 3.06. The fourth-order valence-electron chi connectivity index (χ4n) is 1.60. The summed E-state index contributed by atoms with van der Waals surface area (Å²) in [5.41, 5.74) is 0. The summed E-state index contributed by atoms with van der Waals surface area (Å²) < 4.78 is 5.60. The zero-order valence-corrected chi connectivity index (χ0v) is 10.2. The Kier molecular flexibility index (Phi) is 5.48. The molecule has 0 aromatic heterocycles. The van der Waals surface area contributed by atoms with Crippen LogP contribution in [0, 0.1) is 0 Å². The summed E-state index contributed by atoms with van der Waals surface area (Å²) in [7, 11) is 0. The van der Waals surface area contributed by atoms with Gasteiger partial charge >= 0.3 is 0 Å². The molecule has 0 spiro atoms. The van der Waals surface area contributed by atoms with E-state index in [0.717, 1.165) is 0 Å². The molecule has 0 bridgehead atoms. The van der Waals surface area contributed by atoms with Crippen LogP contribution in [0.25, 0.3) is 0 Å². The summed E-state index contributed by atoms with van der Waals surface area (Å²) in [6, 6.07) is 0. The summed E-state index contributed by atoms with van der Waals surface area (Å²) in [5, 5.41) is 2.80. The molecule has 1 fully saturated rings. The van der Waals surface area contributed by atoms with Gasteiger partial charge in [0.2, 0.25) is 5.91 Å². The fraction of sp³-hybridized carbons (Fsp3) is 0.900. The molecule has 1 aliphatic carbocycles. The highest BCUT2D eigenvalue weighted by Gasteiger charge is 2.15. The summed E-state index contributed by atoms with van der Waals surface area (Å²) in [5.74, 6) is 0.0278. The van der Waals surface area contributed by atoms with E-state index < -0.39 is 0 Å². The predicted octanol–water partition coefficient (Wildman–Crippen LogP) is 1.85. The van der Waals surface area contributed by atoms with E-state index in [1.54, 1.807) is 0 Å². The van der Waals surface area contributed by atoms with Crippen LogP contribution in [0.5, 0.6) is 0 Å². The molecule has 0 saturated heterocycles. The molecule has 1 unspecified atom stereocenters.